The van der Waals surface area contributed by atoms with Crippen molar-refractivity contribution in [2.75, 3.05) is 0 Å². The molecule has 0 saturated heterocycles. The highest BCUT2D eigenvalue weighted by Crippen LogP contribution is 2.23. The lowest BCUT2D eigenvalue weighted by atomic mass is 10.3. The fourth-order valence-corrected chi connectivity index (χ4v) is 2.27. The summed E-state index contributed by atoms with van der Waals surface area (Å²) in [6.07, 6.45) is 1.68. The molecule has 90 valence electrons. The number of fused-ring (bicyclic) bond motifs is 1. The van der Waals surface area contributed by atoms with Crippen molar-refractivity contribution in [1.82, 2.24) is 19.7 Å². The maximum Gasteiger partial charge on any atom is 0.168 e. The van der Waals surface area contributed by atoms with Crippen molar-refractivity contribution in [3.8, 4) is 5.69 Å². The third kappa shape index (κ3) is 1.89. The van der Waals surface area contributed by atoms with Gasteiger partial charge in [-0.2, -0.15) is 5.10 Å². The third-order valence-electron chi connectivity index (χ3n) is 2.56. The second-order valence-electron chi connectivity index (χ2n) is 3.83. The zero-order chi connectivity index (χ0) is 12.7. The maximum atomic E-state index is 6.08. The molecule has 4 nitrogen and oxygen atoms in total. The van der Waals surface area contributed by atoms with Gasteiger partial charge in [-0.25, -0.2) is 14.6 Å². The first kappa shape index (κ1) is 11.6. The predicted octanol–water partition coefficient (Wildman–Crippen LogP) is 3.54. The summed E-state index contributed by atoms with van der Waals surface area (Å²) in [6.45, 7) is 1.81. The molecule has 0 N–H and O–H groups in total. The fraction of sp³-hybridized carbons (Fsp3) is 0.0833. The average molecular weight is 324 g/mol. The molecular formula is C12H8BrClN4. The van der Waals surface area contributed by atoms with Crippen LogP contribution in [0.1, 0.15) is 5.82 Å². The molecule has 2 aromatic heterocycles. The molecule has 2 heterocycles. The summed E-state index contributed by atoms with van der Waals surface area (Å²) in [4.78, 5) is 8.50. The minimum Gasteiger partial charge on any atom is -0.221 e. The number of aromatic nitrogens is 4. The van der Waals surface area contributed by atoms with Gasteiger partial charge < -0.3 is 0 Å². The summed E-state index contributed by atoms with van der Waals surface area (Å²) >= 11 is 9.48. The number of hydrogen-bond acceptors (Lipinski definition) is 3. The van der Waals surface area contributed by atoms with Crippen LogP contribution in [0.15, 0.2) is 34.9 Å². The Hall–Kier alpha value is -1.46. The van der Waals surface area contributed by atoms with Gasteiger partial charge in [0.05, 0.1) is 17.3 Å². The van der Waals surface area contributed by atoms with Crippen molar-refractivity contribution in [2.24, 2.45) is 0 Å². The molecular weight excluding hydrogens is 316 g/mol. The molecule has 0 atom stereocenters. The summed E-state index contributed by atoms with van der Waals surface area (Å²) in [6, 6.07) is 7.83. The second-order valence-corrected chi connectivity index (χ2v) is 5.11. The minimum atomic E-state index is 0.431. The van der Waals surface area contributed by atoms with E-state index in [-0.39, 0.29) is 0 Å². The van der Waals surface area contributed by atoms with Crippen molar-refractivity contribution in [3.05, 3.63) is 45.9 Å². The molecule has 3 rings (SSSR count). The van der Waals surface area contributed by atoms with Crippen LogP contribution in [0, 0.1) is 6.92 Å². The molecule has 0 amide bonds. The van der Waals surface area contributed by atoms with E-state index in [4.69, 9.17) is 11.6 Å². The summed E-state index contributed by atoms with van der Waals surface area (Å²) in [5, 5.41) is 5.50. The summed E-state index contributed by atoms with van der Waals surface area (Å²) < 4.78 is 2.77. The maximum absolute atomic E-state index is 6.08. The number of aryl methyl sites for hydroxylation is 1. The lowest BCUT2D eigenvalue weighted by Crippen LogP contribution is -1.99. The Labute approximate surface area is 117 Å². The van der Waals surface area contributed by atoms with Crippen molar-refractivity contribution in [1.29, 1.82) is 0 Å². The first-order valence-electron chi connectivity index (χ1n) is 5.29. The first-order chi connectivity index (χ1) is 8.65. The molecule has 0 bridgehead atoms. The van der Waals surface area contributed by atoms with Crippen molar-refractivity contribution in [3.63, 3.8) is 0 Å². The van der Waals surface area contributed by atoms with Crippen LogP contribution in [0.3, 0.4) is 0 Å². The van der Waals surface area contributed by atoms with Gasteiger partial charge in [-0.05, 0) is 31.2 Å². The second kappa shape index (κ2) is 4.33. The number of benzene rings is 1. The SMILES string of the molecule is Cc1nc(Cl)c2cnn(-c3ccc(Br)cc3)c2n1. The Morgan fingerprint density at radius 2 is 1.89 bits per heavy atom. The van der Waals surface area contributed by atoms with Gasteiger partial charge in [0.15, 0.2) is 5.65 Å². The highest BCUT2D eigenvalue weighted by Gasteiger charge is 2.11. The third-order valence-corrected chi connectivity index (χ3v) is 3.38. The highest BCUT2D eigenvalue weighted by molar-refractivity contribution is 9.10. The van der Waals surface area contributed by atoms with Crippen molar-refractivity contribution in [2.45, 2.75) is 6.92 Å². The lowest BCUT2D eigenvalue weighted by Gasteiger charge is -2.03. The minimum absolute atomic E-state index is 0.431. The van der Waals surface area contributed by atoms with Crippen LogP contribution in [-0.2, 0) is 0 Å². The van der Waals surface area contributed by atoms with E-state index in [9.17, 15) is 0 Å². The molecule has 18 heavy (non-hydrogen) atoms. The van der Waals surface area contributed by atoms with Gasteiger partial charge in [-0.3, -0.25) is 0 Å². The van der Waals surface area contributed by atoms with E-state index in [1.54, 1.807) is 10.9 Å². The standard InChI is InChI=1S/C12H8BrClN4/c1-7-16-11(14)10-6-15-18(12(10)17-7)9-4-2-8(13)3-5-9/h2-6H,1H3. The monoisotopic (exact) mass is 322 g/mol. The van der Waals surface area contributed by atoms with E-state index in [0.29, 0.717) is 11.0 Å². The number of nitrogens with zero attached hydrogens (tertiary/aromatic N) is 4. The topological polar surface area (TPSA) is 43.6 Å². The zero-order valence-corrected chi connectivity index (χ0v) is 11.8. The van der Waals surface area contributed by atoms with Gasteiger partial charge in [-0.15, -0.1) is 0 Å². The van der Waals surface area contributed by atoms with E-state index < -0.39 is 0 Å². The van der Waals surface area contributed by atoms with Gasteiger partial charge >= 0.3 is 0 Å². The van der Waals surface area contributed by atoms with E-state index in [1.807, 2.05) is 31.2 Å². The summed E-state index contributed by atoms with van der Waals surface area (Å²) in [5.41, 5.74) is 1.65. The van der Waals surface area contributed by atoms with Gasteiger partial charge in [0.25, 0.3) is 0 Å². The Bertz CT molecular complexity index is 721. The van der Waals surface area contributed by atoms with Gasteiger partial charge in [0.1, 0.15) is 11.0 Å². The Kier molecular flexibility index (Phi) is 2.80. The molecule has 0 spiro atoms. The van der Waals surface area contributed by atoms with Crippen molar-refractivity contribution >= 4 is 38.6 Å². The van der Waals surface area contributed by atoms with Crippen LogP contribution < -0.4 is 0 Å². The van der Waals surface area contributed by atoms with Crippen molar-refractivity contribution < 1.29 is 0 Å². The summed E-state index contributed by atoms with van der Waals surface area (Å²) in [5.74, 6) is 0.631. The first-order valence-corrected chi connectivity index (χ1v) is 6.46. The highest BCUT2D eigenvalue weighted by atomic mass is 79.9. The molecule has 0 aliphatic carbocycles. The Morgan fingerprint density at radius 1 is 1.17 bits per heavy atom. The van der Waals surface area contributed by atoms with E-state index in [2.05, 4.69) is 31.0 Å². The lowest BCUT2D eigenvalue weighted by molar-refractivity contribution is 0.889. The summed E-state index contributed by atoms with van der Waals surface area (Å²) in [7, 11) is 0. The van der Waals surface area contributed by atoms with Crippen LogP contribution >= 0.6 is 27.5 Å². The molecule has 0 unspecified atom stereocenters. The van der Waals surface area contributed by atoms with E-state index in [1.165, 1.54) is 0 Å². The van der Waals surface area contributed by atoms with Crippen LogP contribution in [0.4, 0.5) is 0 Å². The number of hydrogen-bond donors (Lipinski definition) is 0. The molecule has 0 saturated carbocycles. The molecule has 0 aliphatic rings. The van der Waals surface area contributed by atoms with Gasteiger partial charge in [-0.1, -0.05) is 27.5 Å². The van der Waals surface area contributed by atoms with Crippen LogP contribution in [-0.4, -0.2) is 19.7 Å². The van der Waals surface area contributed by atoms with Gasteiger partial charge in [0, 0.05) is 4.47 Å². The normalized spacial score (nSPS) is 11.1. The quantitative estimate of drug-likeness (QED) is 0.643. The van der Waals surface area contributed by atoms with E-state index >= 15 is 0 Å². The Balaban J connectivity index is 2.27. The fourth-order valence-electron chi connectivity index (χ4n) is 1.75. The molecule has 6 heteroatoms. The number of rotatable bonds is 1. The molecule has 0 aliphatic heterocycles. The largest absolute Gasteiger partial charge is 0.221 e. The smallest absolute Gasteiger partial charge is 0.168 e. The molecule has 3 aromatic rings. The molecule has 0 radical (unpaired) electrons. The molecule has 1 aromatic carbocycles. The number of halogens is 2. The predicted molar refractivity (Wildman–Crippen MR) is 74.1 cm³/mol. The zero-order valence-electron chi connectivity index (χ0n) is 9.43. The van der Waals surface area contributed by atoms with Crippen LogP contribution in [0.25, 0.3) is 16.7 Å². The van der Waals surface area contributed by atoms with E-state index in [0.717, 1.165) is 21.2 Å². The average Bonchev–Trinajstić information content (AvgIpc) is 2.74. The van der Waals surface area contributed by atoms with Gasteiger partial charge in [0.2, 0.25) is 0 Å². The molecule has 0 fully saturated rings. The van der Waals surface area contributed by atoms with Crippen LogP contribution in [0.5, 0.6) is 0 Å². The van der Waals surface area contributed by atoms with Crippen LogP contribution in [0.2, 0.25) is 5.15 Å². The Morgan fingerprint density at radius 3 is 2.61 bits per heavy atom.